The Morgan fingerprint density at radius 3 is 2.22 bits per heavy atom. The van der Waals surface area contributed by atoms with Crippen LogP contribution in [0.5, 0.6) is 5.75 Å². The molecule has 2 aromatic carbocycles. The summed E-state index contributed by atoms with van der Waals surface area (Å²) >= 11 is 23.2. The molecule has 5 nitrogen and oxygen atoms in total. The van der Waals surface area contributed by atoms with Crippen molar-refractivity contribution in [2.24, 2.45) is 0 Å². The van der Waals surface area contributed by atoms with Crippen molar-refractivity contribution in [2.75, 3.05) is 0 Å². The predicted octanol–water partition coefficient (Wildman–Crippen LogP) is 4.14. The number of halogens is 3. The molecule has 0 spiro atoms. The third-order valence-corrected chi connectivity index (χ3v) is 4.55. The SMILES string of the molecule is O=C1NC(=S)NC(=O)C1=Cc1cc(Cl)c(OCc2cccc(Cl)c2)c(Cl)c1. The molecule has 0 atom stereocenters. The largest absolute Gasteiger partial charge is 0.486 e. The maximum absolute atomic E-state index is 11.9. The Labute approximate surface area is 175 Å². The summed E-state index contributed by atoms with van der Waals surface area (Å²) in [6.07, 6.45) is 1.37. The van der Waals surface area contributed by atoms with Gasteiger partial charge >= 0.3 is 0 Å². The molecule has 1 saturated heterocycles. The highest BCUT2D eigenvalue weighted by Gasteiger charge is 2.25. The van der Waals surface area contributed by atoms with Crippen molar-refractivity contribution in [3.05, 3.63) is 68.2 Å². The first-order valence-corrected chi connectivity index (χ1v) is 9.12. The van der Waals surface area contributed by atoms with Gasteiger partial charge in [-0.1, -0.05) is 46.9 Å². The van der Waals surface area contributed by atoms with E-state index in [9.17, 15) is 9.59 Å². The van der Waals surface area contributed by atoms with Gasteiger partial charge in [0.2, 0.25) is 0 Å². The fourth-order valence-electron chi connectivity index (χ4n) is 2.36. The summed E-state index contributed by atoms with van der Waals surface area (Å²) in [5.41, 5.74) is 1.21. The molecule has 3 rings (SSSR count). The third kappa shape index (κ3) is 4.78. The zero-order valence-electron chi connectivity index (χ0n) is 13.5. The van der Waals surface area contributed by atoms with E-state index in [4.69, 9.17) is 51.8 Å². The molecule has 2 aromatic rings. The standard InChI is InChI=1S/C18H11Cl3N2O3S/c19-11-3-1-2-9(4-11)8-26-15-13(20)6-10(7-14(15)21)5-12-16(24)22-18(27)23-17(12)25/h1-7H,8H2,(H2,22,23,24,25,27). The van der Waals surface area contributed by atoms with Crippen LogP contribution in [0.2, 0.25) is 15.1 Å². The first-order chi connectivity index (χ1) is 12.8. The van der Waals surface area contributed by atoms with Crippen molar-refractivity contribution in [3.63, 3.8) is 0 Å². The maximum atomic E-state index is 11.9. The van der Waals surface area contributed by atoms with E-state index in [1.807, 2.05) is 12.1 Å². The predicted molar refractivity (Wildman–Crippen MR) is 109 cm³/mol. The highest BCUT2D eigenvalue weighted by molar-refractivity contribution is 7.80. The second kappa shape index (κ2) is 8.27. The molecule has 0 aliphatic carbocycles. The zero-order valence-corrected chi connectivity index (χ0v) is 16.6. The zero-order chi connectivity index (χ0) is 19.6. The Morgan fingerprint density at radius 1 is 1.00 bits per heavy atom. The van der Waals surface area contributed by atoms with Crippen molar-refractivity contribution < 1.29 is 14.3 Å². The van der Waals surface area contributed by atoms with Crippen molar-refractivity contribution in [1.82, 2.24) is 10.6 Å². The van der Waals surface area contributed by atoms with Gasteiger partial charge in [0.05, 0.1) is 10.0 Å². The molecule has 0 bridgehead atoms. The molecular weight excluding hydrogens is 431 g/mol. The molecule has 2 amide bonds. The van der Waals surface area contributed by atoms with E-state index >= 15 is 0 Å². The van der Waals surface area contributed by atoms with Gasteiger partial charge in [0.1, 0.15) is 12.2 Å². The molecule has 9 heteroatoms. The lowest BCUT2D eigenvalue weighted by Gasteiger charge is -2.16. The van der Waals surface area contributed by atoms with Crippen LogP contribution in [0.3, 0.4) is 0 Å². The summed E-state index contributed by atoms with van der Waals surface area (Å²) in [6, 6.07) is 10.3. The molecule has 1 fully saturated rings. The average Bonchev–Trinajstić information content (AvgIpc) is 2.57. The number of carbonyl (C=O) groups is 2. The average molecular weight is 442 g/mol. The van der Waals surface area contributed by atoms with Gasteiger partial charge in [-0.25, -0.2) is 0 Å². The van der Waals surface area contributed by atoms with Crippen molar-refractivity contribution in [2.45, 2.75) is 6.61 Å². The number of thiocarbonyl (C=S) groups is 1. The second-order valence-corrected chi connectivity index (χ2v) is 7.19. The summed E-state index contributed by atoms with van der Waals surface area (Å²) in [5.74, 6) is -0.909. The fraction of sp³-hybridized carbons (Fsp3) is 0.0556. The van der Waals surface area contributed by atoms with Crippen LogP contribution in [0.15, 0.2) is 42.0 Å². The van der Waals surface area contributed by atoms with Gasteiger partial charge in [-0.2, -0.15) is 0 Å². The lowest BCUT2D eigenvalue weighted by Crippen LogP contribution is -2.51. The molecule has 0 unspecified atom stereocenters. The lowest BCUT2D eigenvalue weighted by molar-refractivity contribution is -0.123. The molecule has 0 radical (unpaired) electrons. The molecular formula is C18H11Cl3N2O3S. The number of nitrogens with one attached hydrogen (secondary N) is 2. The van der Waals surface area contributed by atoms with E-state index in [1.54, 1.807) is 24.3 Å². The van der Waals surface area contributed by atoms with Crippen LogP contribution in [-0.2, 0) is 16.2 Å². The highest BCUT2D eigenvalue weighted by Crippen LogP contribution is 2.35. The smallest absolute Gasteiger partial charge is 0.263 e. The summed E-state index contributed by atoms with van der Waals surface area (Å²) in [4.78, 5) is 23.8. The van der Waals surface area contributed by atoms with Crippen LogP contribution in [0, 0.1) is 0 Å². The molecule has 1 aliphatic rings. The molecule has 27 heavy (non-hydrogen) atoms. The Hall–Kier alpha value is -2.12. The van der Waals surface area contributed by atoms with E-state index in [0.29, 0.717) is 16.3 Å². The first-order valence-electron chi connectivity index (χ1n) is 7.58. The van der Waals surface area contributed by atoms with Gasteiger partial charge in [0.15, 0.2) is 10.9 Å². The molecule has 1 heterocycles. The highest BCUT2D eigenvalue weighted by atomic mass is 35.5. The van der Waals surface area contributed by atoms with Crippen molar-refractivity contribution in [3.8, 4) is 5.75 Å². The van der Waals surface area contributed by atoms with E-state index in [-0.39, 0.29) is 27.3 Å². The minimum atomic E-state index is -0.600. The van der Waals surface area contributed by atoms with Crippen LogP contribution in [0.1, 0.15) is 11.1 Å². The number of benzene rings is 2. The normalized spacial score (nSPS) is 13.9. The number of carbonyl (C=O) groups excluding carboxylic acids is 2. The summed E-state index contributed by atoms with van der Waals surface area (Å²) in [7, 11) is 0. The Bertz CT molecular complexity index is 947. The van der Waals surface area contributed by atoms with Gasteiger partial charge < -0.3 is 4.74 Å². The van der Waals surface area contributed by atoms with Gasteiger partial charge in [-0.05, 0) is 53.7 Å². The van der Waals surface area contributed by atoms with E-state index in [1.165, 1.54) is 6.08 Å². The minimum absolute atomic E-state index is 0.0389. The summed E-state index contributed by atoms with van der Waals surface area (Å²) < 4.78 is 5.69. The molecule has 2 N–H and O–H groups in total. The minimum Gasteiger partial charge on any atom is -0.486 e. The monoisotopic (exact) mass is 440 g/mol. The maximum Gasteiger partial charge on any atom is 0.263 e. The van der Waals surface area contributed by atoms with Gasteiger partial charge in [-0.15, -0.1) is 0 Å². The third-order valence-electron chi connectivity index (χ3n) is 3.55. The number of rotatable bonds is 4. The van der Waals surface area contributed by atoms with Crippen molar-refractivity contribution in [1.29, 1.82) is 0 Å². The fourth-order valence-corrected chi connectivity index (χ4v) is 3.37. The molecule has 0 aromatic heterocycles. The van der Waals surface area contributed by atoms with Crippen LogP contribution in [0.25, 0.3) is 6.08 Å². The van der Waals surface area contributed by atoms with Crippen LogP contribution < -0.4 is 15.4 Å². The summed E-state index contributed by atoms with van der Waals surface area (Å²) in [5, 5.41) is 5.74. The quantitative estimate of drug-likeness (QED) is 0.425. The van der Waals surface area contributed by atoms with Crippen LogP contribution in [-0.4, -0.2) is 16.9 Å². The van der Waals surface area contributed by atoms with Gasteiger partial charge in [0.25, 0.3) is 11.8 Å². The lowest BCUT2D eigenvalue weighted by atomic mass is 10.1. The van der Waals surface area contributed by atoms with Crippen LogP contribution in [0.4, 0.5) is 0 Å². The second-order valence-electron chi connectivity index (χ2n) is 5.53. The van der Waals surface area contributed by atoms with E-state index in [0.717, 1.165) is 5.56 Å². The topological polar surface area (TPSA) is 67.4 Å². The molecule has 1 aliphatic heterocycles. The Kier molecular flexibility index (Phi) is 6.01. The summed E-state index contributed by atoms with van der Waals surface area (Å²) in [6.45, 7) is 0.225. The van der Waals surface area contributed by atoms with Crippen molar-refractivity contribution >= 4 is 70.0 Å². The van der Waals surface area contributed by atoms with Crippen LogP contribution >= 0.6 is 47.0 Å². The number of hydrogen-bond donors (Lipinski definition) is 2. The van der Waals surface area contributed by atoms with Gasteiger partial charge in [-0.3, -0.25) is 20.2 Å². The Balaban J connectivity index is 1.82. The van der Waals surface area contributed by atoms with E-state index < -0.39 is 11.8 Å². The van der Waals surface area contributed by atoms with E-state index in [2.05, 4.69) is 10.6 Å². The number of hydrogen-bond acceptors (Lipinski definition) is 4. The first kappa shape index (κ1) is 19.6. The molecule has 0 saturated carbocycles. The Morgan fingerprint density at radius 2 is 1.63 bits per heavy atom. The molecule has 138 valence electrons. The number of ether oxygens (including phenoxy) is 1. The number of amides is 2. The van der Waals surface area contributed by atoms with Gasteiger partial charge in [0, 0.05) is 5.02 Å².